The summed E-state index contributed by atoms with van der Waals surface area (Å²) >= 11 is 0. The van der Waals surface area contributed by atoms with Crippen LogP contribution in [0.5, 0.6) is 11.5 Å². The third kappa shape index (κ3) is 3.72. The summed E-state index contributed by atoms with van der Waals surface area (Å²) in [5.74, 6) is 1.19. The first-order chi connectivity index (χ1) is 11.1. The van der Waals surface area contributed by atoms with Crippen LogP contribution in [0, 0.1) is 0 Å². The van der Waals surface area contributed by atoms with Crippen molar-refractivity contribution >= 4 is 17.5 Å². The van der Waals surface area contributed by atoms with Gasteiger partial charge in [-0.05, 0) is 30.4 Å². The highest BCUT2D eigenvalue weighted by atomic mass is 16.5. The zero-order valence-electron chi connectivity index (χ0n) is 13.9. The van der Waals surface area contributed by atoms with E-state index in [0.29, 0.717) is 17.1 Å². The van der Waals surface area contributed by atoms with Crippen LogP contribution in [0.3, 0.4) is 0 Å². The average molecular weight is 311 g/mol. The van der Waals surface area contributed by atoms with Crippen molar-refractivity contribution in [3.63, 3.8) is 0 Å². The zero-order chi connectivity index (χ0) is 16.8. The lowest BCUT2D eigenvalue weighted by Gasteiger charge is -2.15. The smallest absolute Gasteiger partial charge is 0.187 e. The number of carbonyl (C=O) groups is 1. The number of methoxy groups -OCH3 is 2. The van der Waals surface area contributed by atoms with Gasteiger partial charge in [0.05, 0.1) is 14.2 Å². The minimum atomic E-state index is -0.0563. The molecular weight excluding hydrogens is 290 g/mol. The van der Waals surface area contributed by atoms with Crippen molar-refractivity contribution in [3.8, 4) is 11.5 Å². The molecule has 0 aromatic heterocycles. The van der Waals surface area contributed by atoms with Crippen LogP contribution < -0.4 is 14.4 Å². The quantitative estimate of drug-likeness (QED) is 0.603. The van der Waals surface area contributed by atoms with Crippen LogP contribution in [0.15, 0.2) is 48.5 Å². The summed E-state index contributed by atoms with van der Waals surface area (Å²) in [5, 5.41) is 0. The van der Waals surface area contributed by atoms with Gasteiger partial charge in [0.2, 0.25) is 0 Å². The number of hydrogen-bond donors (Lipinski definition) is 0. The van der Waals surface area contributed by atoms with Gasteiger partial charge < -0.3 is 14.4 Å². The molecule has 0 aliphatic rings. The molecule has 0 unspecified atom stereocenters. The molecule has 120 valence electrons. The number of rotatable bonds is 6. The first kappa shape index (κ1) is 16.6. The van der Waals surface area contributed by atoms with E-state index in [4.69, 9.17) is 9.47 Å². The van der Waals surface area contributed by atoms with E-state index in [1.54, 1.807) is 26.4 Å². The molecule has 2 rings (SSSR count). The van der Waals surface area contributed by atoms with Crippen LogP contribution in [-0.2, 0) is 0 Å². The van der Waals surface area contributed by atoms with Gasteiger partial charge in [0.1, 0.15) is 0 Å². The highest BCUT2D eigenvalue weighted by molar-refractivity contribution is 6.10. The van der Waals surface area contributed by atoms with Gasteiger partial charge in [-0.1, -0.05) is 24.3 Å². The minimum absolute atomic E-state index is 0.0563. The summed E-state index contributed by atoms with van der Waals surface area (Å²) < 4.78 is 10.6. The lowest BCUT2D eigenvalue weighted by molar-refractivity contribution is 0.104. The predicted molar refractivity (Wildman–Crippen MR) is 93.7 cm³/mol. The number of ether oxygens (including phenoxy) is 2. The average Bonchev–Trinajstić information content (AvgIpc) is 2.58. The predicted octanol–water partition coefficient (Wildman–Crippen LogP) is 3.67. The van der Waals surface area contributed by atoms with Crippen molar-refractivity contribution in [1.82, 2.24) is 0 Å². The van der Waals surface area contributed by atoms with Crippen LogP contribution >= 0.6 is 0 Å². The third-order valence-electron chi connectivity index (χ3n) is 3.50. The van der Waals surface area contributed by atoms with Crippen molar-refractivity contribution in [2.24, 2.45) is 0 Å². The Morgan fingerprint density at radius 3 is 2.39 bits per heavy atom. The molecule has 0 N–H and O–H groups in total. The van der Waals surface area contributed by atoms with E-state index in [9.17, 15) is 4.79 Å². The Kier molecular flexibility index (Phi) is 5.41. The Bertz CT molecular complexity index is 720. The van der Waals surface area contributed by atoms with Crippen molar-refractivity contribution in [2.45, 2.75) is 0 Å². The lowest BCUT2D eigenvalue weighted by Crippen LogP contribution is -2.13. The summed E-state index contributed by atoms with van der Waals surface area (Å²) in [6.45, 7) is 0. The molecule has 0 fully saturated rings. The van der Waals surface area contributed by atoms with Gasteiger partial charge in [-0.2, -0.15) is 0 Å². The molecule has 2 aromatic rings. The third-order valence-corrected chi connectivity index (χ3v) is 3.50. The Morgan fingerprint density at radius 1 is 1.00 bits per heavy atom. The standard InChI is InChI=1S/C19H21NO3/c1-20(2)16-10-6-5-9-15(16)17(21)13-12-14-8-7-11-18(22-3)19(14)23-4/h5-13H,1-4H3. The second kappa shape index (κ2) is 7.49. The molecule has 0 bridgehead atoms. The summed E-state index contributed by atoms with van der Waals surface area (Å²) in [7, 11) is 7.00. The summed E-state index contributed by atoms with van der Waals surface area (Å²) in [6.07, 6.45) is 3.30. The molecule has 0 aliphatic heterocycles. The Morgan fingerprint density at radius 2 is 1.74 bits per heavy atom. The fourth-order valence-corrected chi connectivity index (χ4v) is 2.37. The fourth-order valence-electron chi connectivity index (χ4n) is 2.37. The molecule has 2 aromatic carbocycles. The van der Waals surface area contributed by atoms with Gasteiger partial charge in [-0.25, -0.2) is 0 Å². The van der Waals surface area contributed by atoms with Gasteiger partial charge in [0.25, 0.3) is 0 Å². The van der Waals surface area contributed by atoms with Crippen LogP contribution in [0.4, 0.5) is 5.69 Å². The SMILES string of the molecule is COc1cccc(C=CC(=O)c2ccccc2N(C)C)c1OC. The number of ketones is 1. The van der Waals surface area contributed by atoms with Gasteiger partial charge in [0, 0.05) is 30.9 Å². The normalized spacial score (nSPS) is 10.6. The second-order valence-electron chi connectivity index (χ2n) is 5.19. The maximum atomic E-state index is 12.5. The fraction of sp³-hybridized carbons (Fsp3) is 0.211. The molecule has 0 saturated heterocycles. The van der Waals surface area contributed by atoms with Crippen LogP contribution in [0.2, 0.25) is 0 Å². The maximum absolute atomic E-state index is 12.5. The highest BCUT2D eigenvalue weighted by Gasteiger charge is 2.11. The number of allylic oxidation sites excluding steroid dienone is 1. The molecule has 4 nitrogen and oxygen atoms in total. The molecule has 0 atom stereocenters. The van der Waals surface area contributed by atoms with E-state index in [1.165, 1.54) is 0 Å². The number of nitrogens with zero attached hydrogens (tertiary/aromatic N) is 1. The number of benzene rings is 2. The molecule has 0 saturated carbocycles. The zero-order valence-corrected chi connectivity index (χ0v) is 13.9. The minimum Gasteiger partial charge on any atom is -0.493 e. The van der Waals surface area contributed by atoms with Crippen LogP contribution in [0.25, 0.3) is 6.08 Å². The van der Waals surface area contributed by atoms with Gasteiger partial charge in [-0.3, -0.25) is 4.79 Å². The molecule has 0 heterocycles. The van der Waals surface area contributed by atoms with Crippen LogP contribution in [0.1, 0.15) is 15.9 Å². The van der Waals surface area contributed by atoms with Gasteiger partial charge >= 0.3 is 0 Å². The molecule has 0 radical (unpaired) electrons. The van der Waals surface area contributed by atoms with E-state index >= 15 is 0 Å². The van der Waals surface area contributed by atoms with E-state index < -0.39 is 0 Å². The number of hydrogen-bond acceptors (Lipinski definition) is 4. The Labute approximate surface area is 137 Å². The monoisotopic (exact) mass is 311 g/mol. The number of carbonyl (C=O) groups excluding carboxylic acids is 1. The summed E-state index contributed by atoms with van der Waals surface area (Å²) in [6, 6.07) is 13.1. The Hall–Kier alpha value is -2.75. The first-order valence-corrected chi connectivity index (χ1v) is 7.28. The molecule has 0 spiro atoms. The van der Waals surface area contributed by atoms with Crippen LogP contribution in [-0.4, -0.2) is 34.1 Å². The van der Waals surface area contributed by atoms with Crippen molar-refractivity contribution in [3.05, 3.63) is 59.7 Å². The number of para-hydroxylation sites is 2. The largest absolute Gasteiger partial charge is 0.493 e. The number of anilines is 1. The van der Waals surface area contributed by atoms with Crippen molar-refractivity contribution < 1.29 is 14.3 Å². The van der Waals surface area contributed by atoms with E-state index in [-0.39, 0.29) is 5.78 Å². The Balaban J connectivity index is 2.33. The maximum Gasteiger partial charge on any atom is 0.187 e. The van der Waals surface area contributed by atoms with E-state index in [0.717, 1.165) is 11.3 Å². The molecule has 4 heteroatoms. The summed E-state index contributed by atoms with van der Waals surface area (Å²) in [5.41, 5.74) is 2.35. The summed E-state index contributed by atoms with van der Waals surface area (Å²) in [4.78, 5) is 14.4. The molecule has 0 aliphatic carbocycles. The molecule has 23 heavy (non-hydrogen) atoms. The molecular formula is C19H21NO3. The lowest BCUT2D eigenvalue weighted by atomic mass is 10.1. The van der Waals surface area contributed by atoms with Gasteiger partial charge in [-0.15, -0.1) is 0 Å². The van der Waals surface area contributed by atoms with Crippen molar-refractivity contribution in [1.29, 1.82) is 0 Å². The second-order valence-corrected chi connectivity index (χ2v) is 5.19. The highest BCUT2D eigenvalue weighted by Crippen LogP contribution is 2.31. The van der Waals surface area contributed by atoms with E-state index in [2.05, 4.69) is 0 Å². The van der Waals surface area contributed by atoms with Crippen molar-refractivity contribution in [2.75, 3.05) is 33.2 Å². The van der Waals surface area contributed by atoms with E-state index in [1.807, 2.05) is 61.5 Å². The van der Waals surface area contributed by atoms with Gasteiger partial charge in [0.15, 0.2) is 17.3 Å². The first-order valence-electron chi connectivity index (χ1n) is 7.28. The topological polar surface area (TPSA) is 38.8 Å². The molecule has 0 amide bonds.